The van der Waals surface area contributed by atoms with Crippen LogP contribution in [0.5, 0.6) is 0 Å². The average Bonchev–Trinajstić information content (AvgIpc) is 3.18. The number of benzene rings is 2. The van der Waals surface area contributed by atoms with Crippen molar-refractivity contribution in [1.82, 2.24) is 9.78 Å². The Kier molecular flexibility index (Phi) is 6.40. The molecule has 1 aromatic heterocycles. The molecule has 166 valence electrons. The molecule has 0 N–H and O–H groups in total. The van der Waals surface area contributed by atoms with Gasteiger partial charge in [0, 0.05) is 58.2 Å². The fraction of sp³-hybridized carbons (Fsp3) is 0.346. The topological polar surface area (TPSA) is 58.4 Å². The summed E-state index contributed by atoms with van der Waals surface area (Å²) in [6, 6.07) is 18.4. The number of hydrogen-bond donors (Lipinski definition) is 0. The van der Waals surface area contributed by atoms with Crippen LogP contribution in [0.25, 0.3) is 11.1 Å². The molecule has 0 atom stereocenters. The van der Waals surface area contributed by atoms with Gasteiger partial charge in [-0.25, -0.2) is 4.68 Å². The number of fused-ring (bicyclic) bond motifs is 1. The summed E-state index contributed by atoms with van der Waals surface area (Å²) in [5.41, 5.74) is 5.31. The zero-order valence-electron chi connectivity index (χ0n) is 19.0. The molecule has 0 fully saturated rings. The van der Waals surface area contributed by atoms with Crippen LogP contribution in [0.1, 0.15) is 30.5 Å². The van der Waals surface area contributed by atoms with Gasteiger partial charge in [-0.2, -0.15) is 5.10 Å². The first kappa shape index (κ1) is 21.8. The first-order chi connectivity index (χ1) is 15.4. The number of carbonyl (C=O) groups is 2. The van der Waals surface area contributed by atoms with Crippen LogP contribution in [0.3, 0.4) is 0 Å². The van der Waals surface area contributed by atoms with Crippen LogP contribution in [0.2, 0.25) is 0 Å². The van der Waals surface area contributed by atoms with Gasteiger partial charge in [0.05, 0.1) is 5.69 Å². The molecule has 0 spiro atoms. The highest BCUT2D eigenvalue weighted by Crippen LogP contribution is 2.25. The first-order valence-corrected chi connectivity index (χ1v) is 11.1. The SMILES string of the molecule is Cc1cc2n(n1)CCCN2C(=O)CCC(=O)Cc1ccc(-c2cccc(N(C)C)c2)cc1. The van der Waals surface area contributed by atoms with E-state index in [1.807, 2.05) is 43.9 Å². The van der Waals surface area contributed by atoms with Crippen molar-refractivity contribution < 1.29 is 9.59 Å². The molecule has 6 nitrogen and oxygen atoms in total. The summed E-state index contributed by atoms with van der Waals surface area (Å²) in [5.74, 6) is 0.929. The van der Waals surface area contributed by atoms with E-state index in [1.165, 1.54) is 0 Å². The summed E-state index contributed by atoms with van der Waals surface area (Å²) >= 11 is 0. The summed E-state index contributed by atoms with van der Waals surface area (Å²) in [6.07, 6.45) is 1.73. The number of Topliss-reactive ketones (excluding diaryl/α,β-unsaturated/α-hetero) is 1. The van der Waals surface area contributed by atoms with Gasteiger partial charge in [-0.3, -0.25) is 14.5 Å². The second-order valence-corrected chi connectivity index (χ2v) is 8.62. The highest BCUT2D eigenvalue weighted by atomic mass is 16.2. The third-order valence-electron chi connectivity index (χ3n) is 5.88. The van der Waals surface area contributed by atoms with Gasteiger partial charge in [0.15, 0.2) is 0 Å². The Morgan fingerprint density at radius 3 is 2.50 bits per heavy atom. The normalized spacial score (nSPS) is 13.0. The summed E-state index contributed by atoms with van der Waals surface area (Å²) in [4.78, 5) is 29.1. The van der Waals surface area contributed by atoms with E-state index in [2.05, 4.69) is 46.4 Å². The van der Waals surface area contributed by atoms with E-state index in [9.17, 15) is 9.59 Å². The van der Waals surface area contributed by atoms with Gasteiger partial charge in [-0.15, -0.1) is 0 Å². The molecule has 0 radical (unpaired) electrons. The minimum absolute atomic E-state index is 0.00433. The van der Waals surface area contributed by atoms with E-state index in [0.717, 1.165) is 46.9 Å². The standard InChI is InChI=1S/C26H30N4O2/c1-19-16-25-29(14-5-15-30(25)27-19)26(32)13-12-24(31)17-20-8-10-21(11-9-20)22-6-4-7-23(18-22)28(2)3/h4,6-11,16,18H,5,12-15,17H2,1-3H3. The number of ketones is 1. The largest absolute Gasteiger partial charge is 0.378 e. The predicted octanol–water partition coefficient (Wildman–Crippen LogP) is 4.25. The Hall–Kier alpha value is -3.41. The summed E-state index contributed by atoms with van der Waals surface area (Å²) in [6.45, 7) is 3.46. The molecule has 0 aliphatic carbocycles. The molecule has 4 rings (SSSR count). The Bertz CT molecular complexity index is 1120. The van der Waals surface area contributed by atoms with Gasteiger partial charge in [0.1, 0.15) is 11.6 Å². The summed E-state index contributed by atoms with van der Waals surface area (Å²) in [7, 11) is 4.05. The van der Waals surface area contributed by atoms with Gasteiger partial charge in [-0.05, 0) is 42.2 Å². The van der Waals surface area contributed by atoms with Crippen molar-refractivity contribution in [2.75, 3.05) is 30.4 Å². The molecule has 1 aliphatic heterocycles. The van der Waals surface area contributed by atoms with Crippen molar-refractivity contribution in [1.29, 1.82) is 0 Å². The second-order valence-electron chi connectivity index (χ2n) is 8.62. The van der Waals surface area contributed by atoms with Crippen molar-refractivity contribution in [2.45, 2.75) is 39.2 Å². The Labute approximate surface area is 189 Å². The molecular formula is C26H30N4O2. The van der Waals surface area contributed by atoms with Crippen LogP contribution in [0.4, 0.5) is 11.5 Å². The minimum Gasteiger partial charge on any atom is -0.378 e. The second kappa shape index (κ2) is 9.39. The highest BCUT2D eigenvalue weighted by molar-refractivity contribution is 5.95. The van der Waals surface area contributed by atoms with Crippen molar-refractivity contribution in [2.24, 2.45) is 0 Å². The van der Waals surface area contributed by atoms with Crippen molar-refractivity contribution in [3.05, 3.63) is 65.9 Å². The lowest BCUT2D eigenvalue weighted by Gasteiger charge is -2.27. The van der Waals surface area contributed by atoms with Crippen LogP contribution in [0, 0.1) is 6.92 Å². The molecule has 3 aromatic rings. The first-order valence-electron chi connectivity index (χ1n) is 11.1. The smallest absolute Gasteiger partial charge is 0.228 e. The third kappa shape index (κ3) is 4.90. The molecular weight excluding hydrogens is 400 g/mol. The molecule has 32 heavy (non-hydrogen) atoms. The maximum absolute atomic E-state index is 12.7. The van der Waals surface area contributed by atoms with E-state index < -0.39 is 0 Å². The van der Waals surface area contributed by atoms with E-state index in [4.69, 9.17) is 0 Å². The number of carbonyl (C=O) groups excluding carboxylic acids is 2. The number of anilines is 2. The lowest BCUT2D eigenvalue weighted by Crippen LogP contribution is -2.37. The number of amides is 1. The Morgan fingerprint density at radius 2 is 1.75 bits per heavy atom. The Balaban J connectivity index is 1.33. The number of rotatable bonds is 7. The predicted molar refractivity (Wildman–Crippen MR) is 128 cm³/mol. The van der Waals surface area contributed by atoms with Crippen molar-refractivity contribution >= 4 is 23.2 Å². The van der Waals surface area contributed by atoms with Gasteiger partial charge in [-0.1, -0.05) is 36.4 Å². The number of aromatic nitrogens is 2. The zero-order chi connectivity index (χ0) is 22.7. The van der Waals surface area contributed by atoms with E-state index in [1.54, 1.807) is 4.90 Å². The number of nitrogens with zero attached hydrogens (tertiary/aromatic N) is 4. The molecule has 1 aliphatic rings. The molecule has 1 amide bonds. The van der Waals surface area contributed by atoms with Gasteiger partial charge >= 0.3 is 0 Å². The lowest BCUT2D eigenvalue weighted by molar-refractivity contribution is -0.123. The van der Waals surface area contributed by atoms with Crippen LogP contribution < -0.4 is 9.80 Å². The van der Waals surface area contributed by atoms with E-state index in [0.29, 0.717) is 13.0 Å². The summed E-state index contributed by atoms with van der Waals surface area (Å²) in [5, 5.41) is 4.43. The van der Waals surface area contributed by atoms with Crippen LogP contribution in [-0.2, 0) is 22.6 Å². The summed E-state index contributed by atoms with van der Waals surface area (Å²) < 4.78 is 1.88. The maximum Gasteiger partial charge on any atom is 0.228 e. The third-order valence-corrected chi connectivity index (χ3v) is 5.88. The van der Waals surface area contributed by atoms with Crippen molar-refractivity contribution in [3.8, 4) is 11.1 Å². The number of hydrogen-bond acceptors (Lipinski definition) is 4. The highest BCUT2D eigenvalue weighted by Gasteiger charge is 2.24. The van der Waals surface area contributed by atoms with Crippen LogP contribution in [-0.4, -0.2) is 42.1 Å². The minimum atomic E-state index is -0.00433. The van der Waals surface area contributed by atoms with E-state index >= 15 is 0 Å². The molecule has 0 saturated heterocycles. The fourth-order valence-electron chi connectivity index (χ4n) is 4.14. The zero-order valence-corrected chi connectivity index (χ0v) is 19.0. The fourth-order valence-corrected chi connectivity index (χ4v) is 4.14. The lowest BCUT2D eigenvalue weighted by atomic mass is 10.00. The Morgan fingerprint density at radius 1 is 0.969 bits per heavy atom. The van der Waals surface area contributed by atoms with Crippen molar-refractivity contribution in [3.63, 3.8) is 0 Å². The van der Waals surface area contributed by atoms with Crippen LogP contribution in [0.15, 0.2) is 54.6 Å². The van der Waals surface area contributed by atoms with Gasteiger partial charge in [0.25, 0.3) is 0 Å². The molecule has 6 heteroatoms. The quantitative estimate of drug-likeness (QED) is 0.562. The number of aryl methyl sites for hydroxylation is 2. The van der Waals surface area contributed by atoms with E-state index in [-0.39, 0.29) is 24.5 Å². The monoisotopic (exact) mass is 430 g/mol. The molecule has 2 heterocycles. The van der Waals surface area contributed by atoms with Gasteiger partial charge in [0.2, 0.25) is 5.91 Å². The average molecular weight is 431 g/mol. The molecule has 0 bridgehead atoms. The van der Waals surface area contributed by atoms with Gasteiger partial charge < -0.3 is 4.90 Å². The van der Waals surface area contributed by atoms with Crippen LogP contribution >= 0.6 is 0 Å². The molecule has 0 saturated carbocycles. The molecule has 0 unspecified atom stereocenters. The molecule has 2 aromatic carbocycles. The maximum atomic E-state index is 12.7.